The fraction of sp³-hybridized carbons (Fsp3) is 0.276. The molecule has 7 heteroatoms. The number of hydrogen-bond acceptors (Lipinski definition) is 4. The first-order valence-electron chi connectivity index (χ1n) is 12.2. The fourth-order valence-corrected chi connectivity index (χ4v) is 5.33. The summed E-state index contributed by atoms with van der Waals surface area (Å²) in [5.41, 5.74) is 6.57. The molecule has 1 aliphatic heterocycles. The zero-order valence-electron chi connectivity index (χ0n) is 21.3. The number of anilines is 1. The zero-order valence-corrected chi connectivity index (χ0v) is 22.1. The third kappa shape index (κ3) is 4.46. The maximum atomic E-state index is 5.91. The Morgan fingerprint density at radius 3 is 2.39 bits per heavy atom. The number of nitrogens with one attached hydrogen (secondary N) is 1. The highest BCUT2D eigenvalue weighted by atomic mass is 32.1. The third-order valence-corrected chi connectivity index (χ3v) is 6.82. The van der Waals surface area contributed by atoms with Crippen LogP contribution in [0.1, 0.15) is 54.1 Å². The van der Waals surface area contributed by atoms with E-state index in [-0.39, 0.29) is 18.2 Å². The molecule has 0 aliphatic carbocycles. The average Bonchev–Trinajstić information content (AvgIpc) is 3.35. The molecule has 0 bridgehead atoms. The van der Waals surface area contributed by atoms with Crippen LogP contribution in [-0.2, 0) is 0 Å². The summed E-state index contributed by atoms with van der Waals surface area (Å²) in [6.07, 6.45) is 3.81. The lowest BCUT2D eigenvalue weighted by atomic mass is 9.96. The molecule has 0 spiro atoms. The van der Waals surface area contributed by atoms with Crippen molar-refractivity contribution >= 4 is 23.0 Å². The van der Waals surface area contributed by atoms with Gasteiger partial charge in [-0.25, -0.2) is 4.98 Å². The summed E-state index contributed by atoms with van der Waals surface area (Å²) in [5.74, 6) is 1.76. The number of aryl methyl sites for hydroxylation is 2. The molecule has 184 valence electrons. The number of ether oxygens (including phenoxy) is 1. The minimum absolute atomic E-state index is 0.0889. The Hall–Kier alpha value is -3.71. The number of hydrogen-bond donors (Lipinski definition) is 1. The average molecular weight is 498 g/mol. The fourth-order valence-electron chi connectivity index (χ4n) is 4.99. The zero-order chi connectivity index (χ0) is 25.4. The normalized spacial score (nSPS) is 17.5. The van der Waals surface area contributed by atoms with Gasteiger partial charge in [0.15, 0.2) is 5.11 Å². The molecule has 1 aromatic carbocycles. The van der Waals surface area contributed by atoms with Crippen molar-refractivity contribution < 1.29 is 4.74 Å². The summed E-state index contributed by atoms with van der Waals surface area (Å²) in [6.45, 7) is 10.4. The second-order valence-electron chi connectivity index (χ2n) is 9.51. The van der Waals surface area contributed by atoms with E-state index in [0.717, 1.165) is 34.3 Å². The molecule has 6 nitrogen and oxygen atoms in total. The molecular weight excluding hydrogens is 466 g/mol. The third-order valence-electron chi connectivity index (χ3n) is 6.50. The SMILES string of the molecule is Cc1ccnc(-n2c(C)cc([C@@H]3[C@H](c4ccccn4)NC(=S)N3c3ccc(OC(C)C)cc3)c2C)c1. The van der Waals surface area contributed by atoms with Crippen LogP contribution in [0.2, 0.25) is 0 Å². The minimum atomic E-state index is -0.107. The molecule has 0 unspecified atom stereocenters. The molecule has 4 aromatic rings. The van der Waals surface area contributed by atoms with Gasteiger partial charge < -0.3 is 19.5 Å². The maximum absolute atomic E-state index is 5.91. The van der Waals surface area contributed by atoms with Crippen LogP contribution in [0.3, 0.4) is 0 Å². The second-order valence-corrected chi connectivity index (χ2v) is 9.90. The van der Waals surface area contributed by atoms with E-state index >= 15 is 0 Å². The highest BCUT2D eigenvalue weighted by Gasteiger charge is 2.42. The highest BCUT2D eigenvalue weighted by molar-refractivity contribution is 7.80. The lowest BCUT2D eigenvalue weighted by Crippen LogP contribution is -2.29. The van der Waals surface area contributed by atoms with Gasteiger partial charge in [-0.05, 0) is 113 Å². The number of benzene rings is 1. The number of rotatable bonds is 6. The van der Waals surface area contributed by atoms with Crippen molar-refractivity contribution in [3.05, 3.63) is 101 Å². The first-order chi connectivity index (χ1) is 17.3. The van der Waals surface area contributed by atoms with Crippen molar-refractivity contribution in [1.82, 2.24) is 19.9 Å². The van der Waals surface area contributed by atoms with Crippen LogP contribution in [0.15, 0.2) is 73.1 Å². The van der Waals surface area contributed by atoms with Gasteiger partial charge in [-0.2, -0.15) is 0 Å². The number of nitrogens with zero attached hydrogens (tertiary/aromatic N) is 4. The van der Waals surface area contributed by atoms with E-state index in [9.17, 15) is 0 Å². The molecular formula is C29H31N5OS. The standard InChI is InChI=1S/C29H31N5OS/c1-18(2)35-23-11-9-22(10-12-23)34-28(27(32-29(34)36)25-8-6-7-14-30-25)24-17-20(4)33(21(24)5)26-16-19(3)13-15-31-26/h6-18,27-28H,1-5H3,(H,32,36)/t27-,28+/m0/s1. The second kappa shape index (κ2) is 9.74. The van der Waals surface area contributed by atoms with Crippen molar-refractivity contribution in [2.45, 2.75) is 52.8 Å². The molecule has 4 heterocycles. The van der Waals surface area contributed by atoms with Gasteiger partial charge in [-0.1, -0.05) is 6.07 Å². The van der Waals surface area contributed by atoms with Gasteiger partial charge >= 0.3 is 0 Å². The lowest BCUT2D eigenvalue weighted by molar-refractivity contribution is 0.242. The van der Waals surface area contributed by atoms with Gasteiger partial charge in [0.25, 0.3) is 0 Å². The van der Waals surface area contributed by atoms with Crippen LogP contribution < -0.4 is 15.0 Å². The van der Waals surface area contributed by atoms with Crippen molar-refractivity contribution in [1.29, 1.82) is 0 Å². The van der Waals surface area contributed by atoms with E-state index in [2.05, 4.69) is 75.9 Å². The molecule has 0 amide bonds. The summed E-state index contributed by atoms with van der Waals surface area (Å²) in [6, 6.07) is 20.3. The summed E-state index contributed by atoms with van der Waals surface area (Å²) >= 11 is 5.91. The Labute approximate surface area is 218 Å². The molecule has 1 N–H and O–H groups in total. The first kappa shape index (κ1) is 24.0. The van der Waals surface area contributed by atoms with Crippen LogP contribution >= 0.6 is 12.2 Å². The Balaban J connectivity index is 1.63. The largest absolute Gasteiger partial charge is 0.491 e. The van der Waals surface area contributed by atoms with E-state index in [1.54, 1.807) is 0 Å². The smallest absolute Gasteiger partial charge is 0.174 e. The van der Waals surface area contributed by atoms with Gasteiger partial charge in [-0.15, -0.1) is 0 Å². The molecule has 0 saturated carbocycles. The Bertz CT molecular complexity index is 1380. The Morgan fingerprint density at radius 2 is 1.72 bits per heavy atom. The first-order valence-corrected chi connectivity index (χ1v) is 12.6. The summed E-state index contributed by atoms with van der Waals surface area (Å²) in [7, 11) is 0. The lowest BCUT2D eigenvalue weighted by Gasteiger charge is -2.28. The van der Waals surface area contributed by atoms with Crippen molar-refractivity contribution in [2.24, 2.45) is 0 Å². The van der Waals surface area contributed by atoms with Crippen LogP contribution in [0, 0.1) is 20.8 Å². The van der Waals surface area contributed by atoms with Crippen molar-refractivity contribution in [3.8, 4) is 11.6 Å². The van der Waals surface area contributed by atoms with E-state index in [1.165, 1.54) is 11.1 Å². The molecule has 1 aliphatic rings. The molecule has 1 saturated heterocycles. The Kier molecular flexibility index (Phi) is 6.49. The quantitative estimate of drug-likeness (QED) is 0.322. The van der Waals surface area contributed by atoms with Crippen molar-refractivity contribution in [3.63, 3.8) is 0 Å². The molecule has 2 atom stereocenters. The van der Waals surface area contributed by atoms with Crippen LogP contribution in [-0.4, -0.2) is 25.8 Å². The van der Waals surface area contributed by atoms with E-state index < -0.39 is 0 Å². The molecule has 0 radical (unpaired) electrons. The Morgan fingerprint density at radius 1 is 0.944 bits per heavy atom. The van der Waals surface area contributed by atoms with E-state index in [4.69, 9.17) is 17.0 Å². The molecule has 36 heavy (non-hydrogen) atoms. The minimum Gasteiger partial charge on any atom is -0.491 e. The molecule has 1 fully saturated rings. The van der Waals surface area contributed by atoms with Gasteiger partial charge in [0.05, 0.1) is 23.9 Å². The number of thiocarbonyl (C=S) groups is 1. The van der Waals surface area contributed by atoms with Gasteiger partial charge in [0.1, 0.15) is 11.6 Å². The van der Waals surface area contributed by atoms with E-state index in [0.29, 0.717) is 5.11 Å². The van der Waals surface area contributed by atoms with Crippen molar-refractivity contribution in [2.75, 3.05) is 4.90 Å². The predicted octanol–water partition coefficient (Wildman–Crippen LogP) is 6.16. The summed E-state index contributed by atoms with van der Waals surface area (Å²) in [4.78, 5) is 11.5. The maximum Gasteiger partial charge on any atom is 0.174 e. The topological polar surface area (TPSA) is 55.2 Å². The van der Waals surface area contributed by atoms with Gasteiger partial charge in [-0.3, -0.25) is 4.98 Å². The molecule has 3 aromatic heterocycles. The highest BCUT2D eigenvalue weighted by Crippen LogP contribution is 2.44. The summed E-state index contributed by atoms with van der Waals surface area (Å²) in [5, 5.41) is 4.23. The number of pyridine rings is 2. The van der Waals surface area contributed by atoms with Gasteiger partial charge in [0.2, 0.25) is 0 Å². The summed E-state index contributed by atoms with van der Waals surface area (Å²) < 4.78 is 8.09. The monoisotopic (exact) mass is 497 g/mol. The van der Waals surface area contributed by atoms with Crippen LogP contribution in [0.5, 0.6) is 5.75 Å². The van der Waals surface area contributed by atoms with Crippen LogP contribution in [0.4, 0.5) is 5.69 Å². The number of aromatic nitrogens is 3. The van der Waals surface area contributed by atoms with E-state index in [1.807, 2.05) is 56.6 Å². The molecule has 5 rings (SSSR count). The van der Waals surface area contributed by atoms with Gasteiger partial charge in [0, 0.05) is 29.5 Å². The predicted molar refractivity (Wildman–Crippen MR) is 148 cm³/mol. The van der Waals surface area contributed by atoms with Crippen LogP contribution in [0.25, 0.3) is 5.82 Å².